The Morgan fingerprint density at radius 1 is 0.900 bits per heavy atom. The molecule has 1 aromatic heterocycles. The number of nitrogens with one attached hydrogen (secondary N) is 1. The van der Waals surface area contributed by atoms with Crippen LogP contribution in [-0.4, -0.2) is 17.6 Å². The molecule has 1 amide bonds. The zero-order chi connectivity index (χ0) is 20.9. The molecule has 150 valence electrons. The third kappa shape index (κ3) is 4.33. The number of anilines is 1. The number of ether oxygens (including phenoxy) is 2. The molecule has 0 aliphatic heterocycles. The average Bonchev–Trinajstić information content (AvgIpc) is 2.77. The van der Waals surface area contributed by atoms with Crippen LogP contribution >= 0.6 is 0 Å². The van der Waals surface area contributed by atoms with Gasteiger partial charge in [-0.05, 0) is 66.0 Å². The molecule has 0 unspecified atom stereocenters. The van der Waals surface area contributed by atoms with Gasteiger partial charge >= 0.3 is 0 Å². The molecule has 1 heterocycles. The summed E-state index contributed by atoms with van der Waals surface area (Å²) in [5, 5.41) is 4.10. The van der Waals surface area contributed by atoms with Gasteiger partial charge in [-0.25, -0.2) is 0 Å². The highest BCUT2D eigenvalue weighted by Gasteiger charge is 2.09. The number of hydrogen-bond donors (Lipinski definition) is 1. The van der Waals surface area contributed by atoms with E-state index in [1.807, 2.05) is 30.3 Å². The first-order chi connectivity index (χ1) is 14.6. The van der Waals surface area contributed by atoms with Gasteiger partial charge in [-0.2, -0.15) is 0 Å². The number of amides is 1. The molecule has 0 bridgehead atoms. The molecule has 6 nitrogen and oxygen atoms in total. The maximum Gasteiger partial charge on any atom is 0.258 e. The molecule has 0 atom stereocenters. The van der Waals surface area contributed by atoms with Gasteiger partial charge in [0.25, 0.3) is 5.56 Å². The molecule has 0 radical (unpaired) electrons. The Balaban J connectivity index is 1.43. The molecule has 6 heteroatoms. The summed E-state index contributed by atoms with van der Waals surface area (Å²) in [5.74, 6) is 1.79. The molecule has 0 aliphatic rings. The second-order valence-corrected chi connectivity index (χ2v) is 6.69. The highest BCUT2D eigenvalue weighted by Crippen LogP contribution is 2.22. The minimum atomic E-state index is -0.290. The highest BCUT2D eigenvalue weighted by atomic mass is 16.5. The van der Waals surface area contributed by atoms with Crippen LogP contribution in [0.4, 0.5) is 5.69 Å². The number of hydrogen-bond acceptors (Lipinski definition) is 4. The Kier molecular flexibility index (Phi) is 5.48. The third-order valence-electron chi connectivity index (χ3n) is 4.61. The van der Waals surface area contributed by atoms with Crippen LogP contribution in [0.5, 0.6) is 17.2 Å². The molecule has 4 aromatic rings. The fourth-order valence-electron chi connectivity index (χ4n) is 3.10. The maximum absolute atomic E-state index is 12.7. The van der Waals surface area contributed by atoms with E-state index in [1.54, 1.807) is 61.8 Å². The van der Waals surface area contributed by atoms with Crippen LogP contribution in [0.1, 0.15) is 0 Å². The van der Waals surface area contributed by atoms with Crippen molar-refractivity contribution in [1.29, 1.82) is 0 Å². The van der Waals surface area contributed by atoms with E-state index >= 15 is 0 Å². The number of fused-ring (bicyclic) bond motifs is 1. The van der Waals surface area contributed by atoms with Crippen molar-refractivity contribution < 1.29 is 14.3 Å². The van der Waals surface area contributed by atoms with Crippen molar-refractivity contribution in [3.8, 4) is 17.2 Å². The lowest BCUT2D eigenvalue weighted by molar-refractivity contribution is -0.116. The quantitative estimate of drug-likeness (QED) is 0.519. The van der Waals surface area contributed by atoms with E-state index < -0.39 is 0 Å². The lowest BCUT2D eigenvalue weighted by Crippen LogP contribution is -2.27. The summed E-state index contributed by atoms with van der Waals surface area (Å²) in [6.45, 7) is -0.0803. The van der Waals surface area contributed by atoms with E-state index in [0.29, 0.717) is 22.6 Å². The average molecular weight is 400 g/mol. The summed E-state index contributed by atoms with van der Waals surface area (Å²) < 4.78 is 12.3. The van der Waals surface area contributed by atoms with Crippen molar-refractivity contribution in [2.24, 2.45) is 0 Å². The van der Waals surface area contributed by atoms with E-state index in [0.717, 1.165) is 11.1 Å². The van der Waals surface area contributed by atoms with Crippen LogP contribution in [0.3, 0.4) is 0 Å². The number of carbonyl (C=O) groups excluding carboxylic acids is 1. The molecule has 30 heavy (non-hydrogen) atoms. The Hall–Kier alpha value is -4.06. The van der Waals surface area contributed by atoms with Gasteiger partial charge in [0.2, 0.25) is 5.91 Å². The highest BCUT2D eigenvalue weighted by molar-refractivity contribution is 5.91. The monoisotopic (exact) mass is 400 g/mol. The summed E-state index contributed by atoms with van der Waals surface area (Å²) >= 11 is 0. The van der Waals surface area contributed by atoms with Crippen molar-refractivity contribution in [2.45, 2.75) is 6.54 Å². The molecule has 0 aliphatic carbocycles. The van der Waals surface area contributed by atoms with E-state index in [9.17, 15) is 9.59 Å². The number of carbonyl (C=O) groups is 1. The van der Waals surface area contributed by atoms with Crippen LogP contribution in [0.2, 0.25) is 0 Å². The number of benzene rings is 3. The predicted molar refractivity (Wildman–Crippen MR) is 116 cm³/mol. The zero-order valence-electron chi connectivity index (χ0n) is 16.4. The lowest BCUT2D eigenvalue weighted by Gasteiger charge is -2.10. The van der Waals surface area contributed by atoms with E-state index in [2.05, 4.69) is 5.32 Å². The van der Waals surface area contributed by atoms with Crippen LogP contribution in [0.25, 0.3) is 10.8 Å². The number of methoxy groups -OCH3 is 1. The molecule has 0 fully saturated rings. The number of nitrogens with zero attached hydrogens (tertiary/aromatic N) is 1. The summed E-state index contributed by atoms with van der Waals surface area (Å²) in [4.78, 5) is 25.1. The largest absolute Gasteiger partial charge is 0.497 e. The number of pyridine rings is 1. The number of rotatable bonds is 6. The van der Waals surface area contributed by atoms with Crippen LogP contribution in [-0.2, 0) is 11.3 Å². The van der Waals surface area contributed by atoms with Crippen molar-refractivity contribution in [3.63, 3.8) is 0 Å². The first-order valence-electron chi connectivity index (χ1n) is 9.42. The molecule has 4 rings (SSSR count). The molecule has 3 aromatic carbocycles. The molecule has 0 saturated carbocycles. The summed E-state index contributed by atoms with van der Waals surface area (Å²) in [7, 11) is 1.58. The first kappa shape index (κ1) is 19.3. The van der Waals surface area contributed by atoms with Gasteiger partial charge in [-0.1, -0.05) is 18.2 Å². The minimum Gasteiger partial charge on any atom is -0.497 e. The van der Waals surface area contributed by atoms with Crippen molar-refractivity contribution in [2.75, 3.05) is 12.4 Å². The predicted octanol–water partition coefficient (Wildman–Crippen LogP) is 4.44. The molecule has 0 saturated heterocycles. The second-order valence-electron chi connectivity index (χ2n) is 6.69. The van der Waals surface area contributed by atoms with Gasteiger partial charge in [0.15, 0.2) is 0 Å². The smallest absolute Gasteiger partial charge is 0.258 e. The van der Waals surface area contributed by atoms with Crippen LogP contribution in [0.15, 0.2) is 89.9 Å². The van der Waals surface area contributed by atoms with Gasteiger partial charge < -0.3 is 19.4 Å². The van der Waals surface area contributed by atoms with Gasteiger partial charge in [0, 0.05) is 17.3 Å². The van der Waals surface area contributed by atoms with Crippen LogP contribution < -0.4 is 20.3 Å². The Morgan fingerprint density at radius 2 is 1.60 bits per heavy atom. The fourth-order valence-corrected chi connectivity index (χ4v) is 3.10. The van der Waals surface area contributed by atoms with E-state index in [4.69, 9.17) is 9.47 Å². The fraction of sp³-hybridized carbons (Fsp3) is 0.0833. The standard InChI is InChI=1S/C24H20N2O4/c1-29-21-11-12-22-17(15-21)13-14-26(24(22)28)16-23(27)25-18-7-9-20(10-8-18)30-19-5-3-2-4-6-19/h2-15H,16H2,1H3,(H,25,27). The van der Waals surface area contributed by atoms with E-state index in [-0.39, 0.29) is 18.0 Å². The molecule has 0 spiro atoms. The minimum absolute atomic E-state index is 0.0803. The molecular weight excluding hydrogens is 380 g/mol. The summed E-state index contributed by atoms with van der Waals surface area (Å²) in [6.07, 6.45) is 1.61. The SMILES string of the molecule is COc1ccc2c(=O)n(CC(=O)Nc3ccc(Oc4ccccc4)cc3)ccc2c1. The Morgan fingerprint density at radius 3 is 2.33 bits per heavy atom. The Labute approximate surface area is 173 Å². The number of aromatic nitrogens is 1. The van der Waals surface area contributed by atoms with Crippen molar-refractivity contribution >= 4 is 22.4 Å². The zero-order valence-corrected chi connectivity index (χ0v) is 16.4. The lowest BCUT2D eigenvalue weighted by atomic mass is 10.1. The van der Waals surface area contributed by atoms with Crippen molar-refractivity contribution in [3.05, 3.63) is 95.4 Å². The normalized spacial score (nSPS) is 10.6. The topological polar surface area (TPSA) is 69.6 Å². The molecule has 1 N–H and O–H groups in total. The summed E-state index contributed by atoms with van der Waals surface area (Å²) in [5.41, 5.74) is 0.399. The van der Waals surface area contributed by atoms with Gasteiger partial charge in [0.1, 0.15) is 23.8 Å². The van der Waals surface area contributed by atoms with Crippen LogP contribution in [0, 0.1) is 0 Å². The number of para-hydroxylation sites is 1. The van der Waals surface area contributed by atoms with Gasteiger partial charge in [-0.15, -0.1) is 0 Å². The Bertz CT molecular complexity index is 1230. The van der Waals surface area contributed by atoms with Crippen molar-refractivity contribution in [1.82, 2.24) is 4.57 Å². The van der Waals surface area contributed by atoms with E-state index in [1.165, 1.54) is 4.57 Å². The first-order valence-corrected chi connectivity index (χ1v) is 9.42. The van der Waals surface area contributed by atoms with Gasteiger partial charge in [0.05, 0.1) is 7.11 Å². The maximum atomic E-state index is 12.7. The summed E-state index contributed by atoms with van der Waals surface area (Å²) in [6, 6.07) is 23.5. The van der Waals surface area contributed by atoms with Gasteiger partial charge in [-0.3, -0.25) is 9.59 Å². The molecular formula is C24H20N2O4. The third-order valence-corrected chi connectivity index (χ3v) is 4.61. The second kappa shape index (κ2) is 8.53.